The molecule has 15 heavy (non-hydrogen) atoms. The summed E-state index contributed by atoms with van der Waals surface area (Å²) in [6.45, 7) is 0.471. The number of hydrogen-bond acceptors (Lipinski definition) is 3. The minimum Gasteiger partial charge on any atom is -0.356 e. The predicted molar refractivity (Wildman–Crippen MR) is 55.3 cm³/mol. The Morgan fingerprint density at radius 1 is 1.07 bits per heavy atom. The number of rotatable bonds is 2. The van der Waals surface area contributed by atoms with E-state index in [9.17, 15) is 9.59 Å². The summed E-state index contributed by atoms with van der Waals surface area (Å²) >= 11 is 0. The largest absolute Gasteiger partial charge is 0.356 e. The van der Waals surface area contributed by atoms with Crippen LogP contribution in [0.1, 0.15) is 12.8 Å². The third-order valence-corrected chi connectivity index (χ3v) is 2.52. The zero-order valence-electron chi connectivity index (χ0n) is 9.74. The highest BCUT2D eigenvalue weighted by molar-refractivity contribution is 6.08. The van der Waals surface area contributed by atoms with Gasteiger partial charge in [0, 0.05) is 34.8 Å². The van der Waals surface area contributed by atoms with Crippen LogP contribution in [0, 0.1) is 0 Å². The van der Waals surface area contributed by atoms with E-state index in [0.29, 0.717) is 13.0 Å². The number of amides is 2. The molecule has 5 nitrogen and oxygen atoms in total. The Morgan fingerprint density at radius 2 is 1.53 bits per heavy atom. The van der Waals surface area contributed by atoms with Gasteiger partial charge in [-0.3, -0.25) is 9.59 Å². The highest BCUT2D eigenvalue weighted by Crippen LogP contribution is 2.29. The summed E-state index contributed by atoms with van der Waals surface area (Å²) < 4.78 is 5.40. The number of ether oxygens (including phenoxy) is 1. The molecule has 0 aromatic rings. The first-order valence-corrected chi connectivity index (χ1v) is 4.99. The first kappa shape index (κ1) is 12.0. The Hall–Kier alpha value is -1.10. The predicted octanol–water partition coefficient (Wildman–Crippen LogP) is -0.288. The van der Waals surface area contributed by atoms with Gasteiger partial charge in [-0.2, -0.15) is 0 Å². The normalized spacial score (nSPS) is 18.7. The molecular weight excluding hydrogens is 196 g/mol. The second kappa shape index (κ2) is 4.18. The summed E-state index contributed by atoms with van der Waals surface area (Å²) in [4.78, 5) is 26.8. The van der Waals surface area contributed by atoms with Crippen molar-refractivity contribution in [2.75, 3.05) is 34.8 Å². The molecule has 0 aliphatic carbocycles. The van der Waals surface area contributed by atoms with Crippen molar-refractivity contribution in [3.05, 3.63) is 0 Å². The lowest BCUT2D eigenvalue weighted by Crippen LogP contribution is -2.56. The molecule has 0 spiro atoms. The lowest BCUT2D eigenvalue weighted by atomic mass is 9.97. The second-order valence-electron chi connectivity index (χ2n) is 4.18. The maximum atomic E-state index is 12.0. The van der Waals surface area contributed by atoms with Gasteiger partial charge in [-0.05, 0) is 12.8 Å². The third-order valence-electron chi connectivity index (χ3n) is 2.52. The van der Waals surface area contributed by atoms with Crippen LogP contribution < -0.4 is 0 Å². The summed E-state index contributed by atoms with van der Waals surface area (Å²) in [7, 11) is 6.53. The molecule has 0 atom stereocenters. The van der Waals surface area contributed by atoms with Gasteiger partial charge >= 0.3 is 0 Å². The quantitative estimate of drug-likeness (QED) is 0.594. The number of hydrogen-bond donors (Lipinski definition) is 0. The van der Waals surface area contributed by atoms with Crippen molar-refractivity contribution in [2.45, 2.75) is 18.4 Å². The molecule has 0 saturated carbocycles. The first-order valence-electron chi connectivity index (χ1n) is 4.99. The van der Waals surface area contributed by atoms with Crippen LogP contribution in [0.15, 0.2) is 0 Å². The zero-order valence-corrected chi connectivity index (χ0v) is 9.74. The molecule has 2 amide bonds. The minimum absolute atomic E-state index is 0.265. The van der Waals surface area contributed by atoms with Gasteiger partial charge in [0.05, 0.1) is 0 Å². The molecule has 1 aliphatic rings. The van der Waals surface area contributed by atoms with Crippen molar-refractivity contribution in [3.8, 4) is 0 Å². The first-order chi connectivity index (χ1) is 6.92. The van der Waals surface area contributed by atoms with Crippen molar-refractivity contribution in [1.29, 1.82) is 0 Å². The van der Waals surface area contributed by atoms with E-state index in [4.69, 9.17) is 4.74 Å². The van der Waals surface area contributed by atoms with Crippen LogP contribution >= 0.6 is 0 Å². The fourth-order valence-electron chi connectivity index (χ4n) is 1.79. The van der Waals surface area contributed by atoms with Crippen LogP contribution in [0.3, 0.4) is 0 Å². The molecule has 0 bridgehead atoms. The maximum absolute atomic E-state index is 12.0. The van der Waals surface area contributed by atoms with E-state index in [1.807, 2.05) is 0 Å². The van der Waals surface area contributed by atoms with Crippen LogP contribution in [0.2, 0.25) is 0 Å². The summed E-state index contributed by atoms with van der Waals surface area (Å²) in [5.74, 6) is -0.530. The minimum atomic E-state index is -1.27. The molecule has 5 heteroatoms. The maximum Gasteiger partial charge on any atom is 0.264 e. The molecule has 1 fully saturated rings. The fraction of sp³-hybridized carbons (Fsp3) is 0.800. The average molecular weight is 214 g/mol. The Kier molecular flexibility index (Phi) is 3.34. The Morgan fingerprint density at radius 3 is 1.80 bits per heavy atom. The van der Waals surface area contributed by atoms with Gasteiger partial charge in [-0.15, -0.1) is 0 Å². The second-order valence-corrected chi connectivity index (χ2v) is 4.18. The lowest BCUT2D eigenvalue weighted by molar-refractivity contribution is -0.165. The molecule has 0 aromatic heterocycles. The molecular formula is C10H18N2O3. The van der Waals surface area contributed by atoms with Crippen LogP contribution in [0.5, 0.6) is 0 Å². The molecule has 1 aliphatic heterocycles. The number of likely N-dealkylation sites (N-methyl/N-ethyl adjacent to an activating group) is 2. The van der Waals surface area contributed by atoms with E-state index in [2.05, 4.69) is 0 Å². The van der Waals surface area contributed by atoms with Gasteiger partial charge in [0.15, 0.2) is 0 Å². The topological polar surface area (TPSA) is 49.9 Å². The van der Waals surface area contributed by atoms with Crippen LogP contribution in [0.4, 0.5) is 0 Å². The number of carbonyl (C=O) groups excluding carboxylic acids is 2. The van der Waals surface area contributed by atoms with Crippen molar-refractivity contribution in [1.82, 2.24) is 9.80 Å². The van der Waals surface area contributed by atoms with Gasteiger partial charge in [0.2, 0.25) is 5.60 Å². The van der Waals surface area contributed by atoms with Gasteiger partial charge in [0.25, 0.3) is 11.8 Å². The van der Waals surface area contributed by atoms with Gasteiger partial charge < -0.3 is 14.5 Å². The number of nitrogens with zero attached hydrogens (tertiary/aromatic N) is 2. The summed E-state index contributed by atoms with van der Waals surface area (Å²) in [5, 5.41) is 0. The summed E-state index contributed by atoms with van der Waals surface area (Å²) in [6, 6.07) is 0. The lowest BCUT2D eigenvalue weighted by Gasteiger charge is -2.30. The van der Waals surface area contributed by atoms with Crippen LogP contribution in [-0.2, 0) is 14.3 Å². The van der Waals surface area contributed by atoms with E-state index < -0.39 is 5.60 Å². The van der Waals surface area contributed by atoms with E-state index in [1.165, 1.54) is 9.80 Å². The summed E-state index contributed by atoms with van der Waals surface area (Å²) in [5.41, 5.74) is -1.27. The molecule has 0 radical (unpaired) electrons. The van der Waals surface area contributed by atoms with Crippen molar-refractivity contribution in [3.63, 3.8) is 0 Å². The van der Waals surface area contributed by atoms with E-state index in [-0.39, 0.29) is 11.8 Å². The van der Waals surface area contributed by atoms with Crippen LogP contribution in [-0.4, -0.2) is 62.0 Å². The van der Waals surface area contributed by atoms with Crippen molar-refractivity contribution >= 4 is 11.8 Å². The van der Waals surface area contributed by atoms with E-state index in [0.717, 1.165) is 6.42 Å². The van der Waals surface area contributed by atoms with Crippen molar-refractivity contribution in [2.24, 2.45) is 0 Å². The zero-order chi connectivity index (χ0) is 11.6. The smallest absolute Gasteiger partial charge is 0.264 e. The molecule has 1 heterocycles. The molecule has 86 valence electrons. The highest BCUT2D eigenvalue weighted by Gasteiger charge is 2.51. The SMILES string of the molecule is CN(C)C(=O)C1(C(=O)N(C)C)CCCO1. The third kappa shape index (κ3) is 1.97. The average Bonchev–Trinajstić information content (AvgIpc) is 2.64. The van der Waals surface area contributed by atoms with E-state index >= 15 is 0 Å². The Balaban J connectivity index is 2.98. The van der Waals surface area contributed by atoms with Crippen molar-refractivity contribution < 1.29 is 14.3 Å². The highest BCUT2D eigenvalue weighted by atomic mass is 16.5. The fourth-order valence-corrected chi connectivity index (χ4v) is 1.79. The molecule has 1 saturated heterocycles. The van der Waals surface area contributed by atoms with E-state index in [1.54, 1.807) is 28.2 Å². The standard InChI is InChI=1S/C10H18N2O3/c1-11(2)8(13)10(6-5-7-15-10)9(14)12(3)4/h5-7H2,1-4H3. The molecule has 0 N–H and O–H groups in total. The molecule has 0 aromatic carbocycles. The van der Waals surface area contributed by atoms with Gasteiger partial charge in [-0.1, -0.05) is 0 Å². The molecule has 1 rings (SSSR count). The monoisotopic (exact) mass is 214 g/mol. The number of carbonyl (C=O) groups is 2. The van der Waals surface area contributed by atoms with Crippen LogP contribution in [0.25, 0.3) is 0 Å². The Bertz CT molecular complexity index is 246. The Labute approximate surface area is 90.0 Å². The van der Waals surface area contributed by atoms with Gasteiger partial charge in [0.1, 0.15) is 0 Å². The molecule has 0 unspecified atom stereocenters. The van der Waals surface area contributed by atoms with Gasteiger partial charge in [-0.25, -0.2) is 0 Å². The summed E-state index contributed by atoms with van der Waals surface area (Å²) in [6.07, 6.45) is 1.22.